The van der Waals surface area contributed by atoms with Crippen molar-refractivity contribution in [3.63, 3.8) is 0 Å². The average molecular weight is 358 g/mol. The van der Waals surface area contributed by atoms with Gasteiger partial charge in [-0.1, -0.05) is 13.8 Å². The highest BCUT2D eigenvalue weighted by Gasteiger charge is 2.25. The second kappa shape index (κ2) is 8.38. The van der Waals surface area contributed by atoms with Crippen LogP contribution >= 0.6 is 0 Å². The van der Waals surface area contributed by atoms with Crippen LogP contribution in [0.15, 0.2) is 23.1 Å². The average Bonchev–Trinajstić information content (AvgIpc) is 2.51. The molecule has 1 atom stereocenters. The zero-order chi connectivity index (χ0) is 17.7. The van der Waals surface area contributed by atoms with Crippen LogP contribution in [-0.4, -0.2) is 52.2 Å². The van der Waals surface area contributed by atoms with Crippen LogP contribution in [0.25, 0.3) is 0 Å². The largest absolute Gasteiger partial charge is 0.379 e. The molecular weight excluding hydrogens is 331 g/mol. The van der Waals surface area contributed by atoms with Gasteiger partial charge in [-0.15, -0.1) is 0 Å². The minimum absolute atomic E-state index is 0.129. The van der Waals surface area contributed by atoms with Gasteiger partial charge in [0.2, 0.25) is 10.0 Å². The van der Waals surface area contributed by atoms with Crippen molar-refractivity contribution in [2.45, 2.75) is 38.1 Å². The number of aryl methyl sites for hydroxylation is 1. The van der Waals surface area contributed by atoms with Gasteiger partial charge in [0.25, 0.3) is 0 Å². The van der Waals surface area contributed by atoms with Gasteiger partial charge in [0.05, 0.1) is 18.1 Å². The van der Waals surface area contributed by atoms with Crippen LogP contribution in [0.5, 0.6) is 0 Å². The number of hydrogen-bond donors (Lipinski definition) is 1. The molecule has 1 aliphatic heterocycles. The van der Waals surface area contributed by atoms with Crippen molar-refractivity contribution < 1.29 is 17.5 Å². The first-order valence-electron chi connectivity index (χ1n) is 8.37. The Morgan fingerprint density at radius 2 is 1.96 bits per heavy atom. The molecule has 1 N–H and O–H groups in total. The number of halogens is 1. The summed E-state index contributed by atoms with van der Waals surface area (Å²) >= 11 is 0. The van der Waals surface area contributed by atoms with E-state index in [-0.39, 0.29) is 10.9 Å². The zero-order valence-corrected chi connectivity index (χ0v) is 15.4. The predicted molar refractivity (Wildman–Crippen MR) is 92.0 cm³/mol. The molecular formula is C17H27FN2O3S. The SMILES string of the molecule is Cc1cc(F)ccc1S(=O)(=O)NCC(CC(C)C)N1CCOCC1. The number of benzene rings is 1. The first-order chi connectivity index (χ1) is 11.3. The molecule has 136 valence electrons. The Balaban J connectivity index is 2.08. The minimum atomic E-state index is -3.65. The quantitative estimate of drug-likeness (QED) is 0.811. The number of nitrogens with zero attached hydrogens (tertiary/aromatic N) is 1. The highest BCUT2D eigenvalue weighted by Crippen LogP contribution is 2.18. The van der Waals surface area contributed by atoms with Crippen LogP contribution < -0.4 is 4.72 Å². The Labute approximate surface area is 144 Å². The van der Waals surface area contributed by atoms with E-state index >= 15 is 0 Å². The fourth-order valence-electron chi connectivity index (χ4n) is 3.05. The fraction of sp³-hybridized carbons (Fsp3) is 0.647. The summed E-state index contributed by atoms with van der Waals surface area (Å²) in [5.41, 5.74) is 0.411. The monoisotopic (exact) mass is 358 g/mol. The van der Waals surface area contributed by atoms with Crippen molar-refractivity contribution in [1.82, 2.24) is 9.62 Å². The molecule has 7 heteroatoms. The van der Waals surface area contributed by atoms with Gasteiger partial charge in [0, 0.05) is 25.7 Å². The highest BCUT2D eigenvalue weighted by atomic mass is 32.2. The van der Waals surface area contributed by atoms with Crippen LogP contribution in [0.2, 0.25) is 0 Å². The van der Waals surface area contributed by atoms with Gasteiger partial charge < -0.3 is 4.74 Å². The molecule has 0 bridgehead atoms. The van der Waals surface area contributed by atoms with E-state index in [1.54, 1.807) is 6.92 Å². The smallest absolute Gasteiger partial charge is 0.240 e. The highest BCUT2D eigenvalue weighted by molar-refractivity contribution is 7.89. The van der Waals surface area contributed by atoms with Crippen molar-refractivity contribution >= 4 is 10.0 Å². The molecule has 0 aliphatic carbocycles. The summed E-state index contributed by atoms with van der Waals surface area (Å²) in [6, 6.07) is 3.86. The summed E-state index contributed by atoms with van der Waals surface area (Å²) in [4.78, 5) is 2.41. The number of morpholine rings is 1. The van der Waals surface area contributed by atoms with E-state index in [2.05, 4.69) is 23.5 Å². The number of sulfonamides is 1. The summed E-state index contributed by atoms with van der Waals surface area (Å²) in [5, 5.41) is 0. The van der Waals surface area contributed by atoms with Crippen LogP contribution in [0.4, 0.5) is 4.39 Å². The lowest BCUT2D eigenvalue weighted by Gasteiger charge is -2.35. The molecule has 1 unspecified atom stereocenters. The van der Waals surface area contributed by atoms with Crippen molar-refractivity contribution in [3.8, 4) is 0 Å². The van der Waals surface area contributed by atoms with Crippen molar-refractivity contribution in [2.24, 2.45) is 5.92 Å². The maximum absolute atomic E-state index is 13.2. The van der Waals surface area contributed by atoms with Gasteiger partial charge >= 0.3 is 0 Å². The Hall–Kier alpha value is -1.02. The predicted octanol–water partition coefficient (Wildman–Crippen LogP) is 2.16. The summed E-state index contributed by atoms with van der Waals surface area (Å²) < 4.78 is 46.4. The molecule has 1 aliphatic rings. The molecule has 0 radical (unpaired) electrons. The molecule has 24 heavy (non-hydrogen) atoms. The van der Waals surface area contributed by atoms with Gasteiger partial charge in [-0.2, -0.15) is 0 Å². The van der Waals surface area contributed by atoms with Crippen molar-refractivity contribution in [1.29, 1.82) is 0 Å². The molecule has 1 aromatic rings. The molecule has 0 spiro atoms. The molecule has 1 saturated heterocycles. The van der Waals surface area contributed by atoms with Gasteiger partial charge in [0.1, 0.15) is 5.82 Å². The number of hydrogen-bond acceptors (Lipinski definition) is 4. The van der Waals surface area contributed by atoms with Gasteiger partial charge in [-0.25, -0.2) is 17.5 Å². The molecule has 0 saturated carbocycles. The number of nitrogens with one attached hydrogen (secondary N) is 1. The summed E-state index contributed by atoms with van der Waals surface area (Å²) in [6.07, 6.45) is 0.908. The Bertz CT molecular complexity index is 643. The lowest BCUT2D eigenvalue weighted by molar-refractivity contribution is 0.0134. The fourth-order valence-corrected chi connectivity index (χ4v) is 4.34. The third kappa shape index (κ3) is 5.24. The number of rotatable bonds is 7. The van der Waals surface area contributed by atoms with Crippen molar-refractivity contribution in [3.05, 3.63) is 29.6 Å². The maximum atomic E-state index is 13.2. The molecule has 5 nitrogen and oxygen atoms in total. The Morgan fingerprint density at radius 3 is 2.54 bits per heavy atom. The van der Waals surface area contributed by atoms with E-state index in [4.69, 9.17) is 4.74 Å². The molecule has 1 aromatic carbocycles. The number of ether oxygens (including phenoxy) is 1. The minimum Gasteiger partial charge on any atom is -0.379 e. The molecule has 2 rings (SSSR count). The van der Waals surface area contributed by atoms with Crippen LogP contribution in [0.1, 0.15) is 25.8 Å². The Kier molecular flexibility index (Phi) is 6.74. The lowest BCUT2D eigenvalue weighted by Crippen LogP contribution is -2.49. The zero-order valence-electron chi connectivity index (χ0n) is 14.6. The van der Waals surface area contributed by atoms with E-state index in [9.17, 15) is 12.8 Å². The van der Waals surface area contributed by atoms with E-state index in [1.165, 1.54) is 18.2 Å². The first-order valence-corrected chi connectivity index (χ1v) is 9.85. The summed E-state index contributed by atoms with van der Waals surface area (Å²) in [6.45, 7) is 9.20. The molecule has 0 aromatic heterocycles. The van der Waals surface area contributed by atoms with E-state index in [1.807, 2.05) is 0 Å². The topological polar surface area (TPSA) is 58.6 Å². The summed E-state index contributed by atoms with van der Waals surface area (Å²) in [7, 11) is -3.65. The Morgan fingerprint density at radius 1 is 1.29 bits per heavy atom. The third-order valence-corrected chi connectivity index (χ3v) is 5.82. The molecule has 0 amide bonds. The van der Waals surface area contributed by atoms with E-state index in [0.29, 0.717) is 31.2 Å². The van der Waals surface area contributed by atoms with Crippen LogP contribution in [0, 0.1) is 18.7 Å². The molecule has 1 fully saturated rings. The second-order valence-corrected chi connectivity index (χ2v) is 8.43. The van der Waals surface area contributed by atoms with E-state index < -0.39 is 15.8 Å². The van der Waals surface area contributed by atoms with Crippen LogP contribution in [0.3, 0.4) is 0 Å². The van der Waals surface area contributed by atoms with Gasteiger partial charge in [0.15, 0.2) is 0 Å². The maximum Gasteiger partial charge on any atom is 0.240 e. The normalized spacial score (nSPS) is 18.0. The third-order valence-electron chi connectivity index (χ3n) is 4.24. The van der Waals surface area contributed by atoms with Gasteiger partial charge in [-0.3, -0.25) is 4.90 Å². The second-order valence-electron chi connectivity index (χ2n) is 6.69. The van der Waals surface area contributed by atoms with Crippen LogP contribution in [-0.2, 0) is 14.8 Å². The standard InChI is InChI=1S/C17H27FN2O3S/c1-13(2)10-16(20-6-8-23-9-7-20)12-19-24(21,22)17-5-4-15(18)11-14(17)3/h4-5,11,13,16,19H,6-10,12H2,1-3H3. The molecule has 1 heterocycles. The summed E-state index contributed by atoms with van der Waals surface area (Å²) in [5.74, 6) is 0.0346. The lowest BCUT2D eigenvalue weighted by atomic mass is 10.0. The first kappa shape index (κ1) is 19.3. The van der Waals surface area contributed by atoms with E-state index in [0.717, 1.165) is 19.5 Å². The van der Waals surface area contributed by atoms with Crippen molar-refractivity contribution in [2.75, 3.05) is 32.8 Å². The van der Waals surface area contributed by atoms with Gasteiger partial charge in [-0.05, 0) is 43.0 Å².